The normalized spacial score (nSPS) is 16.7. The molecule has 0 bridgehead atoms. The number of anilines is 1. The third kappa shape index (κ3) is 2.77. The van der Waals surface area contributed by atoms with E-state index in [0.29, 0.717) is 12.8 Å². The molecule has 0 saturated carbocycles. The third-order valence-corrected chi connectivity index (χ3v) is 3.99. The Morgan fingerprint density at radius 2 is 2.05 bits per heavy atom. The van der Waals surface area contributed by atoms with Gasteiger partial charge in [-0.15, -0.1) is 0 Å². The number of ether oxygens (including phenoxy) is 1. The number of cyclic esters (lactones) is 1. The lowest BCUT2D eigenvalue weighted by Crippen LogP contribution is -2.38. The summed E-state index contributed by atoms with van der Waals surface area (Å²) < 4.78 is 5.55. The van der Waals surface area contributed by atoms with E-state index < -0.39 is 17.6 Å². The van der Waals surface area contributed by atoms with Gasteiger partial charge in [0.1, 0.15) is 5.60 Å². The van der Waals surface area contributed by atoms with Gasteiger partial charge in [-0.3, -0.25) is 10.1 Å². The van der Waals surface area contributed by atoms with Crippen LogP contribution in [0.3, 0.4) is 0 Å². The molecule has 21 heavy (non-hydrogen) atoms. The number of primary amides is 1. The van der Waals surface area contributed by atoms with Crippen LogP contribution in [0.5, 0.6) is 0 Å². The molecule has 1 aliphatic heterocycles. The fourth-order valence-corrected chi connectivity index (χ4v) is 2.72. The largest absolute Gasteiger partial charge is 0.438 e. The summed E-state index contributed by atoms with van der Waals surface area (Å²) >= 11 is 0. The molecule has 0 unspecified atom stereocenters. The Morgan fingerprint density at radius 3 is 2.62 bits per heavy atom. The highest BCUT2D eigenvalue weighted by Crippen LogP contribution is 2.42. The van der Waals surface area contributed by atoms with Crippen LogP contribution < -0.4 is 11.1 Å². The first kappa shape index (κ1) is 15.1. The van der Waals surface area contributed by atoms with Crippen LogP contribution in [-0.4, -0.2) is 12.0 Å². The van der Waals surface area contributed by atoms with E-state index in [1.807, 2.05) is 39.0 Å². The van der Waals surface area contributed by atoms with Crippen molar-refractivity contribution >= 4 is 23.3 Å². The molecule has 1 heterocycles. The molecule has 0 fully saturated rings. The first-order valence-electron chi connectivity index (χ1n) is 7.04. The summed E-state index contributed by atoms with van der Waals surface area (Å²) in [6.07, 6.45) is 2.34. The highest BCUT2D eigenvalue weighted by atomic mass is 16.6. The summed E-state index contributed by atoms with van der Waals surface area (Å²) in [6.45, 7) is 5.81. The first-order valence-corrected chi connectivity index (χ1v) is 7.04. The van der Waals surface area contributed by atoms with Crippen LogP contribution >= 0.6 is 0 Å². The number of rotatable bonds is 4. The third-order valence-electron chi connectivity index (χ3n) is 3.99. The molecular weight excluding hydrogens is 268 g/mol. The number of benzene rings is 1. The summed E-state index contributed by atoms with van der Waals surface area (Å²) in [5.74, 6) is -0.480. The Kier molecular flexibility index (Phi) is 4.02. The molecule has 1 aromatic carbocycles. The van der Waals surface area contributed by atoms with Crippen molar-refractivity contribution in [1.82, 2.24) is 0 Å². The Hall–Kier alpha value is -2.30. The van der Waals surface area contributed by atoms with Crippen molar-refractivity contribution < 1.29 is 14.3 Å². The number of amides is 2. The molecule has 0 saturated heterocycles. The summed E-state index contributed by atoms with van der Waals surface area (Å²) in [5, 5.41) is 2.72. The van der Waals surface area contributed by atoms with E-state index in [-0.39, 0.29) is 0 Å². The molecule has 1 aromatic rings. The quantitative estimate of drug-likeness (QED) is 0.835. The van der Waals surface area contributed by atoms with Crippen molar-refractivity contribution in [2.24, 2.45) is 5.73 Å². The van der Waals surface area contributed by atoms with E-state index in [9.17, 15) is 9.59 Å². The highest BCUT2D eigenvalue weighted by molar-refractivity contribution is 5.94. The average molecular weight is 288 g/mol. The zero-order valence-corrected chi connectivity index (χ0v) is 12.5. The van der Waals surface area contributed by atoms with Crippen LogP contribution in [0.25, 0.3) is 5.57 Å². The number of hydrogen-bond acceptors (Lipinski definition) is 3. The van der Waals surface area contributed by atoms with Gasteiger partial charge in [0.2, 0.25) is 5.91 Å². The van der Waals surface area contributed by atoms with E-state index in [2.05, 4.69) is 5.32 Å². The van der Waals surface area contributed by atoms with Crippen LogP contribution in [0.4, 0.5) is 10.5 Å². The maximum absolute atomic E-state index is 11.7. The number of carbonyl (C=O) groups excluding carboxylic acids is 2. The Bertz CT molecular complexity index is 616. The Balaban J connectivity index is 2.56. The van der Waals surface area contributed by atoms with Crippen molar-refractivity contribution in [2.45, 2.75) is 39.2 Å². The van der Waals surface area contributed by atoms with Crippen molar-refractivity contribution in [3.8, 4) is 0 Å². The van der Waals surface area contributed by atoms with Gasteiger partial charge in [0.05, 0.1) is 5.69 Å². The van der Waals surface area contributed by atoms with E-state index in [1.54, 1.807) is 0 Å². The van der Waals surface area contributed by atoms with Crippen LogP contribution in [-0.2, 0) is 15.1 Å². The summed E-state index contributed by atoms with van der Waals surface area (Å²) in [4.78, 5) is 22.7. The second-order valence-electron chi connectivity index (χ2n) is 5.21. The molecule has 0 aliphatic carbocycles. The average Bonchev–Trinajstić information content (AvgIpc) is 2.45. The van der Waals surface area contributed by atoms with Gasteiger partial charge in [0.25, 0.3) is 0 Å². The van der Waals surface area contributed by atoms with Gasteiger partial charge < -0.3 is 10.5 Å². The molecule has 2 rings (SSSR count). The summed E-state index contributed by atoms with van der Waals surface area (Å²) in [5.41, 5.74) is 7.93. The van der Waals surface area contributed by atoms with Gasteiger partial charge in [-0.05, 0) is 43.0 Å². The zero-order chi connectivity index (χ0) is 15.6. The summed E-state index contributed by atoms with van der Waals surface area (Å²) in [7, 11) is 0. The second kappa shape index (κ2) is 5.60. The van der Waals surface area contributed by atoms with Gasteiger partial charge in [0.15, 0.2) is 0 Å². The van der Waals surface area contributed by atoms with Crippen molar-refractivity contribution in [3.63, 3.8) is 0 Å². The van der Waals surface area contributed by atoms with Gasteiger partial charge in [-0.25, -0.2) is 4.79 Å². The van der Waals surface area contributed by atoms with E-state index >= 15 is 0 Å². The minimum Gasteiger partial charge on any atom is -0.438 e. The predicted octanol–water partition coefficient (Wildman–Crippen LogP) is 3.15. The number of carbonyl (C=O) groups is 2. The standard InChI is InChI=1S/C16H20N2O3/c1-4-16(5-2)12-9-11(10(3)8-14(17)19)6-7-13(12)18-15(20)21-16/h6-9H,4-5H2,1-3H3,(H2,17,19)(H,18,20). The number of fused-ring (bicyclic) bond motifs is 1. The monoisotopic (exact) mass is 288 g/mol. The SMILES string of the molecule is CCC1(CC)OC(=O)Nc2ccc(C(C)=CC(N)=O)cc21. The molecule has 5 heteroatoms. The first-order chi connectivity index (χ1) is 9.91. The minimum absolute atomic E-state index is 0.427. The maximum Gasteiger partial charge on any atom is 0.412 e. The van der Waals surface area contributed by atoms with Crippen LogP contribution in [0.1, 0.15) is 44.7 Å². The molecule has 0 radical (unpaired) electrons. The Morgan fingerprint density at radius 1 is 1.38 bits per heavy atom. The zero-order valence-electron chi connectivity index (χ0n) is 12.5. The molecule has 0 atom stereocenters. The van der Waals surface area contributed by atoms with E-state index in [0.717, 1.165) is 22.4 Å². The van der Waals surface area contributed by atoms with Crippen molar-refractivity contribution in [2.75, 3.05) is 5.32 Å². The Labute approximate surface area is 124 Å². The van der Waals surface area contributed by atoms with Crippen molar-refractivity contribution in [1.29, 1.82) is 0 Å². The smallest absolute Gasteiger partial charge is 0.412 e. The maximum atomic E-state index is 11.7. The van der Waals surface area contributed by atoms with Crippen molar-refractivity contribution in [3.05, 3.63) is 35.4 Å². The molecule has 1 aliphatic rings. The van der Waals surface area contributed by atoms with Crippen LogP contribution in [0.15, 0.2) is 24.3 Å². The molecule has 5 nitrogen and oxygen atoms in total. The van der Waals surface area contributed by atoms with Crippen LogP contribution in [0, 0.1) is 0 Å². The fraction of sp³-hybridized carbons (Fsp3) is 0.375. The molecule has 112 valence electrons. The predicted molar refractivity (Wildman–Crippen MR) is 81.7 cm³/mol. The lowest BCUT2D eigenvalue weighted by molar-refractivity contribution is -0.113. The number of nitrogens with two attached hydrogens (primary N) is 1. The van der Waals surface area contributed by atoms with Gasteiger partial charge >= 0.3 is 6.09 Å². The van der Waals surface area contributed by atoms with E-state index in [4.69, 9.17) is 10.5 Å². The second-order valence-corrected chi connectivity index (χ2v) is 5.21. The number of nitrogens with one attached hydrogen (secondary N) is 1. The fourth-order valence-electron chi connectivity index (χ4n) is 2.72. The molecule has 3 N–H and O–H groups in total. The molecular formula is C16H20N2O3. The topological polar surface area (TPSA) is 81.4 Å². The minimum atomic E-state index is -0.624. The van der Waals surface area contributed by atoms with Gasteiger partial charge in [-0.2, -0.15) is 0 Å². The molecule has 0 aromatic heterocycles. The number of allylic oxidation sites excluding steroid dienone is 1. The number of hydrogen-bond donors (Lipinski definition) is 2. The highest BCUT2D eigenvalue weighted by Gasteiger charge is 2.39. The van der Waals surface area contributed by atoms with Gasteiger partial charge in [-0.1, -0.05) is 19.9 Å². The lowest BCUT2D eigenvalue weighted by Gasteiger charge is -2.37. The van der Waals surface area contributed by atoms with Gasteiger partial charge in [0, 0.05) is 11.6 Å². The van der Waals surface area contributed by atoms with Crippen LogP contribution in [0.2, 0.25) is 0 Å². The molecule has 0 spiro atoms. The molecule has 2 amide bonds. The van der Waals surface area contributed by atoms with E-state index in [1.165, 1.54) is 6.08 Å². The lowest BCUT2D eigenvalue weighted by atomic mass is 9.84. The summed E-state index contributed by atoms with van der Waals surface area (Å²) in [6, 6.07) is 5.65.